The molecule has 1 N–H and O–H groups in total. The molecule has 1 nitrogen and oxygen atoms in total. The Labute approximate surface area is 113 Å². The van der Waals surface area contributed by atoms with Crippen molar-refractivity contribution in [2.75, 3.05) is 0 Å². The standard InChI is InChI=1S/C15H22F3N/c1-4-12-6-8-13(9-7-12)14(5-2)19-11(3)10-15(16,17)18/h6-9,11,14,19H,4-5,10H2,1-3H3. The summed E-state index contributed by atoms with van der Waals surface area (Å²) >= 11 is 0. The number of hydrogen-bond acceptors (Lipinski definition) is 1. The number of rotatable bonds is 6. The van der Waals surface area contributed by atoms with Crippen molar-refractivity contribution in [3.63, 3.8) is 0 Å². The second-order valence-electron chi connectivity index (χ2n) is 4.94. The van der Waals surface area contributed by atoms with Gasteiger partial charge in [0.2, 0.25) is 0 Å². The van der Waals surface area contributed by atoms with E-state index in [0.29, 0.717) is 0 Å². The average Bonchev–Trinajstić information content (AvgIpc) is 2.34. The average molecular weight is 273 g/mol. The van der Waals surface area contributed by atoms with E-state index < -0.39 is 18.6 Å². The highest BCUT2D eigenvalue weighted by atomic mass is 19.4. The van der Waals surface area contributed by atoms with Crippen molar-refractivity contribution in [3.05, 3.63) is 35.4 Å². The van der Waals surface area contributed by atoms with Gasteiger partial charge in [-0.3, -0.25) is 0 Å². The first-order valence-electron chi connectivity index (χ1n) is 6.77. The summed E-state index contributed by atoms with van der Waals surface area (Å²) in [6, 6.07) is 7.47. The Bertz CT molecular complexity index is 370. The first-order chi connectivity index (χ1) is 8.85. The normalized spacial score (nSPS) is 15.3. The zero-order valence-corrected chi connectivity index (χ0v) is 11.7. The molecule has 0 aliphatic carbocycles. The van der Waals surface area contributed by atoms with Crippen molar-refractivity contribution >= 4 is 0 Å². The molecule has 2 atom stereocenters. The number of nitrogens with one attached hydrogen (secondary N) is 1. The van der Waals surface area contributed by atoms with E-state index in [2.05, 4.69) is 12.2 Å². The SMILES string of the molecule is CCc1ccc(C(CC)NC(C)CC(F)(F)F)cc1. The van der Waals surface area contributed by atoms with Crippen LogP contribution in [-0.4, -0.2) is 12.2 Å². The molecular weight excluding hydrogens is 251 g/mol. The van der Waals surface area contributed by atoms with E-state index >= 15 is 0 Å². The molecule has 0 heterocycles. The molecule has 1 rings (SSSR count). The molecule has 19 heavy (non-hydrogen) atoms. The van der Waals surface area contributed by atoms with Gasteiger partial charge in [-0.2, -0.15) is 13.2 Å². The summed E-state index contributed by atoms with van der Waals surface area (Å²) < 4.78 is 37.0. The molecule has 0 fully saturated rings. The third-order valence-corrected chi connectivity index (χ3v) is 3.22. The quantitative estimate of drug-likeness (QED) is 0.796. The third-order valence-electron chi connectivity index (χ3n) is 3.22. The van der Waals surface area contributed by atoms with Gasteiger partial charge in [0.25, 0.3) is 0 Å². The molecular formula is C15H22F3N. The molecule has 0 aliphatic rings. The van der Waals surface area contributed by atoms with Gasteiger partial charge in [-0.1, -0.05) is 38.1 Å². The van der Waals surface area contributed by atoms with Crippen molar-refractivity contribution in [1.29, 1.82) is 0 Å². The monoisotopic (exact) mass is 273 g/mol. The molecule has 0 saturated carbocycles. The molecule has 4 heteroatoms. The van der Waals surface area contributed by atoms with Crippen LogP contribution in [0.25, 0.3) is 0 Å². The van der Waals surface area contributed by atoms with Gasteiger partial charge in [-0.25, -0.2) is 0 Å². The Morgan fingerprint density at radius 1 is 1.11 bits per heavy atom. The lowest BCUT2D eigenvalue weighted by Crippen LogP contribution is -2.34. The highest BCUT2D eigenvalue weighted by molar-refractivity contribution is 5.25. The van der Waals surface area contributed by atoms with Gasteiger partial charge in [0, 0.05) is 12.1 Å². The molecule has 1 aromatic carbocycles. The minimum atomic E-state index is -4.11. The van der Waals surface area contributed by atoms with Crippen molar-refractivity contribution in [2.24, 2.45) is 0 Å². The Morgan fingerprint density at radius 3 is 2.11 bits per heavy atom. The fourth-order valence-electron chi connectivity index (χ4n) is 2.18. The fourth-order valence-corrected chi connectivity index (χ4v) is 2.18. The zero-order valence-electron chi connectivity index (χ0n) is 11.7. The van der Waals surface area contributed by atoms with E-state index in [4.69, 9.17) is 0 Å². The molecule has 0 amide bonds. The van der Waals surface area contributed by atoms with Gasteiger partial charge >= 0.3 is 6.18 Å². The molecule has 0 aromatic heterocycles. The Balaban J connectivity index is 2.66. The second-order valence-corrected chi connectivity index (χ2v) is 4.94. The van der Waals surface area contributed by atoms with E-state index in [9.17, 15) is 13.2 Å². The maximum absolute atomic E-state index is 12.3. The summed E-state index contributed by atoms with van der Waals surface area (Å²) in [7, 11) is 0. The summed E-state index contributed by atoms with van der Waals surface area (Å²) in [6.45, 7) is 5.64. The van der Waals surface area contributed by atoms with Crippen LogP contribution < -0.4 is 5.32 Å². The van der Waals surface area contributed by atoms with E-state index in [-0.39, 0.29) is 6.04 Å². The van der Waals surface area contributed by atoms with Crippen LogP contribution in [0.2, 0.25) is 0 Å². The van der Waals surface area contributed by atoms with Crippen molar-refractivity contribution in [2.45, 2.75) is 58.3 Å². The zero-order chi connectivity index (χ0) is 14.5. The van der Waals surface area contributed by atoms with Crippen LogP contribution in [0.3, 0.4) is 0 Å². The smallest absolute Gasteiger partial charge is 0.307 e. The van der Waals surface area contributed by atoms with E-state index in [1.54, 1.807) is 6.92 Å². The maximum atomic E-state index is 12.3. The summed E-state index contributed by atoms with van der Waals surface area (Å²) in [5.41, 5.74) is 2.29. The number of aryl methyl sites for hydroxylation is 1. The predicted octanol–water partition coefficient (Wildman–Crippen LogP) is 4.63. The van der Waals surface area contributed by atoms with Gasteiger partial charge in [0.05, 0.1) is 6.42 Å². The topological polar surface area (TPSA) is 12.0 Å². The van der Waals surface area contributed by atoms with Gasteiger partial charge in [-0.05, 0) is 30.9 Å². The van der Waals surface area contributed by atoms with Crippen molar-refractivity contribution < 1.29 is 13.2 Å². The second kappa shape index (κ2) is 6.94. The summed E-state index contributed by atoms with van der Waals surface area (Å²) in [5.74, 6) is 0. The first-order valence-corrected chi connectivity index (χ1v) is 6.77. The summed E-state index contributed by atoms with van der Waals surface area (Å²) in [4.78, 5) is 0. The predicted molar refractivity (Wildman–Crippen MR) is 72.1 cm³/mol. The third kappa shape index (κ3) is 5.64. The van der Waals surface area contributed by atoms with E-state index in [1.165, 1.54) is 5.56 Å². The highest BCUT2D eigenvalue weighted by Crippen LogP contribution is 2.24. The lowest BCUT2D eigenvalue weighted by atomic mass is 10.0. The minimum Gasteiger partial charge on any atom is -0.307 e. The summed E-state index contributed by atoms with van der Waals surface area (Å²) in [6.07, 6.45) is -3.17. The van der Waals surface area contributed by atoms with Crippen molar-refractivity contribution in [1.82, 2.24) is 5.32 Å². The van der Waals surface area contributed by atoms with Crippen LogP contribution in [0.1, 0.15) is 50.8 Å². The van der Waals surface area contributed by atoms with Crippen LogP contribution in [0.15, 0.2) is 24.3 Å². The Morgan fingerprint density at radius 2 is 1.68 bits per heavy atom. The molecule has 0 bridgehead atoms. The van der Waals surface area contributed by atoms with E-state index in [0.717, 1.165) is 18.4 Å². The number of halogens is 3. The van der Waals surface area contributed by atoms with Gasteiger partial charge in [-0.15, -0.1) is 0 Å². The van der Waals surface area contributed by atoms with Crippen LogP contribution in [-0.2, 0) is 6.42 Å². The van der Waals surface area contributed by atoms with Crippen molar-refractivity contribution in [3.8, 4) is 0 Å². The first kappa shape index (κ1) is 16.0. The number of benzene rings is 1. The molecule has 0 saturated heterocycles. The fraction of sp³-hybridized carbons (Fsp3) is 0.600. The molecule has 0 radical (unpaired) electrons. The van der Waals surface area contributed by atoms with E-state index in [1.807, 2.05) is 31.2 Å². The minimum absolute atomic E-state index is 0.0248. The molecule has 1 aromatic rings. The Kier molecular flexibility index (Phi) is 5.85. The van der Waals surface area contributed by atoms with Crippen LogP contribution in [0.4, 0.5) is 13.2 Å². The molecule has 108 valence electrons. The van der Waals surface area contributed by atoms with Crippen LogP contribution >= 0.6 is 0 Å². The largest absolute Gasteiger partial charge is 0.390 e. The maximum Gasteiger partial charge on any atom is 0.390 e. The molecule has 2 unspecified atom stereocenters. The summed E-state index contributed by atoms with van der Waals surface area (Å²) in [5, 5.41) is 3.06. The van der Waals surface area contributed by atoms with Crippen LogP contribution in [0, 0.1) is 0 Å². The molecule has 0 spiro atoms. The number of hydrogen-bond donors (Lipinski definition) is 1. The lowest BCUT2D eigenvalue weighted by Gasteiger charge is -2.23. The van der Waals surface area contributed by atoms with Gasteiger partial charge in [0.15, 0.2) is 0 Å². The van der Waals surface area contributed by atoms with Crippen LogP contribution in [0.5, 0.6) is 0 Å². The Hall–Kier alpha value is -1.03. The van der Waals surface area contributed by atoms with Gasteiger partial charge < -0.3 is 5.32 Å². The highest BCUT2D eigenvalue weighted by Gasteiger charge is 2.30. The number of alkyl halides is 3. The lowest BCUT2D eigenvalue weighted by molar-refractivity contribution is -0.139. The molecule has 0 aliphatic heterocycles. The van der Waals surface area contributed by atoms with Gasteiger partial charge in [0.1, 0.15) is 0 Å².